The predicted octanol–water partition coefficient (Wildman–Crippen LogP) is 8.02. The molecule has 2 aliphatic carbocycles. The molecule has 3 aromatic carbocycles. The van der Waals surface area contributed by atoms with E-state index in [1.807, 2.05) is 61.5 Å². The van der Waals surface area contributed by atoms with Crippen molar-refractivity contribution < 1.29 is 53.1 Å². The van der Waals surface area contributed by atoms with E-state index in [2.05, 4.69) is 18.0 Å². The molecule has 1 saturated carbocycles. The van der Waals surface area contributed by atoms with E-state index >= 15 is 0 Å². The van der Waals surface area contributed by atoms with E-state index in [1.165, 1.54) is 0 Å². The lowest BCUT2D eigenvalue weighted by molar-refractivity contribution is -0.256. The summed E-state index contributed by atoms with van der Waals surface area (Å²) in [6.07, 6.45) is 7.31. The molecule has 0 spiro atoms. The maximum absolute atomic E-state index is 14.5. The molecule has 2 aliphatic heterocycles. The quantitative estimate of drug-likeness (QED) is 0.0573. The number of oxime groups is 1. The van der Waals surface area contributed by atoms with E-state index in [0.717, 1.165) is 47.9 Å². The first-order chi connectivity index (χ1) is 30.3. The molecule has 2 heterocycles. The normalized spacial score (nSPS) is 23.6. The third-order valence-electron chi connectivity index (χ3n) is 12.1. The summed E-state index contributed by atoms with van der Waals surface area (Å²) in [7, 11) is 0. The van der Waals surface area contributed by atoms with Crippen molar-refractivity contribution in [2.45, 2.75) is 89.7 Å². The highest BCUT2D eigenvalue weighted by molar-refractivity contribution is 6.03. The molecule has 3 aromatic rings. The Labute approximate surface area is 363 Å². The molecule has 6 atom stereocenters. The van der Waals surface area contributed by atoms with Crippen LogP contribution in [0.1, 0.15) is 81.4 Å². The molecule has 0 saturated heterocycles. The van der Waals surface area contributed by atoms with Crippen LogP contribution in [-0.4, -0.2) is 84.6 Å². The molecular formula is C48H59N3O11. The van der Waals surface area contributed by atoms with Crippen LogP contribution in [0.2, 0.25) is 0 Å². The number of nitrogens with zero attached hydrogens (tertiary/aromatic N) is 2. The minimum absolute atomic E-state index is 0.0122. The summed E-state index contributed by atoms with van der Waals surface area (Å²) in [5, 5.41) is 27.5. The van der Waals surface area contributed by atoms with Crippen LogP contribution in [0, 0.1) is 17.8 Å². The molecule has 14 nitrogen and oxygen atoms in total. The largest absolute Gasteiger partial charge is 0.459 e. The Morgan fingerprint density at radius 2 is 1.73 bits per heavy atom. The molecule has 0 aromatic heterocycles. The zero-order valence-corrected chi connectivity index (χ0v) is 35.7. The van der Waals surface area contributed by atoms with Crippen LogP contribution >= 0.6 is 0 Å². The van der Waals surface area contributed by atoms with Gasteiger partial charge in [-0.2, -0.15) is 0 Å². The molecule has 7 rings (SSSR count). The fourth-order valence-electron chi connectivity index (χ4n) is 9.50. The fraction of sp³-hybridized carbons (Fsp3) is 0.479. The summed E-state index contributed by atoms with van der Waals surface area (Å²) < 4.78 is 37.4. The molecule has 62 heavy (non-hydrogen) atoms. The first kappa shape index (κ1) is 44.5. The number of rotatable bonds is 20. The number of fused-ring (bicyclic) bond motifs is 3. The number of aliphatic hydroxyl groups excluding tert-OH is 2. The third kappa shape index (κ3) is 9.72. The molecule has 332 valence electrons. The average molecular weight is 854 g/mol. The lowest BCUT2D eigenvalue weighted by Gasteiger charge is -2.59. The fourth-order valence-corrected chi connectivity index (χ4v) is 9.50. The molecule has 0 bridgehead atoms. The Balaban J connectivity index is 1.44. The number of nitrogens with one attached hydrogen (secondary N) is 1. The Hall–Kier alpha value is -5.57. The summed E-state index contributed by atoms with van der Waals surface area (Å²) in [6.45, 7) is 8.79. The van der Waals surface area contributed by atoms with Crippen LogP contribution in [0.4, 0.5) is 9.59 Å². The van der Waals surface area contributed by atoms with Gasteiger partial charge in [0.25, 0.3) is 0 Å². The summed E-state index contributed by atoms with van der Waals surface area (Å²) in [4.78, 5) is 35.2. The van der Waals surface area contributed by atoms with Crippen LogP contribution in [0.25, 0.3) is 0 Å². The van der Waals surface area contributed by atoms with Gasteiger partial charge in [0.2, 0.25) is 12.6 Å². The zero-order valence-electron chi connectivity index (χ0n) is 35.7. The van der Waals surface area contributed by atoms with Gasteiger partial charge in [-0.25, -0.2) is 9.59 Å². The second kappa shape index (κ2) is 21.0. The van der Waals surface area contributed by atoms with Crippen LogP contribution in [0.3, 0.4) is 0 Å². The number of amides is 2. The first-order valence-corrected chi connectivity index (χ1v) is 21.9. The maximum Gasteiger partial charge on any atom is 0.412 e. The second-order valence-electron chi connectivity index (χ2n) is 16.0. The highest BCUT2D eigenvalue weighted by Gasteiger charge is 2.65. The molecule has 2 amide bonds. The van der Waals surface area contributed by atoms with Gasteiger partial charge in [0.15, 0.2) is 11.5 Å². The number of allylic oxidation sites excluding steroid dienone is 1. The molecule has 6 unspecified atom stereocenters. The van der Waals surface area contributed by atoms with E-state index in [1.54, 1.807) is 30.0 Å². The standard InChI is InChI=1S/C48H59N3O11/c1-4-24-59-48-43(51(47(55)56-6-3)29-33-18-20-41-42(25-33)58-31-57-41)28-39(50-60-30-32-14-8-7-9-15-32)37-26-34(16-10-12-22-52)36(17-11-13-23-53)44(45(37)48)38-27-35(19-21-40(38)62-48)61-46(54)49-5-2/h4,7-9,14-15,18-21,25-27,34,36,43-45,52-53H,1,5-6,10-13,16-17,22-24,28-31H2,2-3H3,(H,49,54). The summed E-state index contributed by atoms with van der Waals surface area (Å²) >= 11 is 0. The van der Waals surface area contributed by atoms with E-state index in [0.29, 0.717) is 48.1 Å². The minimum atomic E-state index is -1.52. The highest BCUT2D eigenvalue weighted by Crippen LogP contribution is 2.62. The van der Waals surface area contributed by atoms with Gasteiger partial charge in [-0.1, -0.05) is 66.5 Å². The topological polar surface area (TPSA) is 167 Å². The number of hydrogen-bond donors (Lipinski definition) is 3. The van der Waals surface area contributed by atoms with E-state index in [9.17, 15) is 19.8 Å². The monoisotopic (exact) mass is 853 g/mol. The molecule has 0 radical (unpaired) electrons. The number of hydrogen-bond acceptors (Lipinski definition) is 12. The number of benzene rings is 3. The maximum atomic E-state index is 14.5. The van der Waals surface area contributed by atoms with Crippen molar-refractivity contribution in [3.8, 4) is 23.0 Å². The first-order valence-electron chi connectivity index (χ1n) is 21.9. The van der Waals surface area contributed by atoms with E-state index in [4.69, 9.17) is 38.4 Å². The summed E-state index contributed by atoms with van der Waals surface area (Å²) in [5.41, 5.74) is 4.06. The SMILES string of the molecule is C=CCOC12Oc3ccc(OC(=O)NCC)cc3C3C(CCCCO)C(CCCCO)C=C(C(=NOCc4ccccc4)CC1N(Cc1ccc4c(c1)OCO4)C(=O)OCC)C32. The van der Waals surface area contributed by atoms with Gasteiger partial charge in [-0.05, 0) is 98.4 Å². The summed E-state index contributed by atoms with van der Waals surface area (Å²) in [6, 6.07) is 19.9. The Bertz CT molecular complexity index is 2080. The van der Waals surface area contributed by atoms with Crippen LogP contribution in [-0.2, 0) is 27.5 Å². The average Bonchev–Trinajstić information content (AvgIpc) is 3.75. The van der Waals surface area contributed by atoms with Crippen molar-refractivity contribution >= 4 is 17.9 Å². The van der Waals surface area contributed by atoms with Crippen molar-refractivity contribution in [3.63, 3.8) is 0 Å². The van der Waals surface area contributed by atoms with Gasteiger partial charge in [0, 0.05) is 44.2 Å². The van der Waals surface area contributed by atoms with Crippen LogP contribution in [0.15, 0.2) is 96.2 Å². The van der Waals surface area contributed by atoms with Crippen LogP contribution < -0.4 is 24.3 Å². The highest BCUT2D eigenvalue weighted by atomic mass is 16.7. The third-order valence-corrected chi connectivity index (χ3v) is 12.1. The molecular weight excluding hydrogens is 795 g/mol. The van der Waals surface area contributed by atoms with Gasteiger partial charge in [0.05, 0.1) is 24.8 Å². The van der Waals surface area contributed by atoms with Gasteiger partial charge in [-0.15, -0.1) is 6.58 Å². The molecule has 1 fully saturated rings. The van der Waals surface area contributed by atoms with Gasteiger partial charge in [-0.3, -0.25) is 4.90 Å². The molecule has 14 heteroatoms. The van der Waals surface area contributed by atoms with Crippen molar-refractivity contribution in [2.75, 3.05) is 39.8 Å². The van der Waals surface area contributed by atoms with Gasteiger partial charge < -0.3 is 48.8 Å². The van der Waals surface area contributed by atoms with Gasteiger partial charge >= 0.3 is 12.2 Å². The number of carbonyl (C=O) groups excluding carboxylic acids is 2. The Morgan fingerprint density at radius 1 is 0.952 bits per heavy atom. The van der Waals surface area contributed by atoms with Crippen molar-refractivity contribution in [1.82, 2.24) is 10.2 Å². The van der Waals surface area contributed by atoms with Crippen molar-refractivity contribution in [2.24, 2.45) is 22.9 Å². The Kier molecular flexibility index (Phi) is 15.1. The van der Waals surface area contributed by atoms with Crippen molar-refractivity contribution in [3.05, 3.63) is 108 Å². The van der Waals surface area contributed by atoms with Gasteiger partial charge in [0.1, 0.15) is 24.1 Å². The number of aliphatic hydroxyl groups is 2. The van der Waals surface area contributed by atoms with Crippen LogP contribution in [0.5, 0.6) is 23.0 Å². The lowest BCUT2D eigenvalue weighted by Crippen LogP contribution is -2.70. The summed E-state index contributed by atoms with van der Waals surface area (Å²) in [5.74, 6) is -0.364. The predicted molar refractivity (Wildman–Crippen MR) is 231 cm³/mol. The lowest BCUT2D eigenvalue weighted by atomic mass is 9.55. The minimum Gasteiger partial charge on any atom is -0.459 e. The number of ether oxygens (including phenoxy) is 6. The van der Waals surface area contributed by atoms with Crippen molar-refractivity contribution in [1.29, 1.82) is 0 Å². The smallest absolute Gasteiger partial charge is 0.412 e. The Morgan fingerprint density at radius 3 is 2.48 bits per heavy atom. The number of unbranched alkanes of at least 4 members (excludes halogenated alkanes) is 2. The van der Waals surface area contributed by atoms with E-state index in [-0.39, 0.29) is 70.5 Å². The zero-order chi connectivity index (χ0) is 43.5. The van der Waals surface area contributed by atoms with E-state index < -0.39 is 29.9 Å². The molecule has 3 N–H and O–H groups in total. The second-order valence-corrected chi connectivity index (χ2v) is 16.0. The molecule has 4 aliphatic rings. The number of carbonyl (C=O) groups is 2.